The maximum absolute atomic E-state index is 12.4. The maximum Gasteiger partial charge on any atom is 0.271 e. The summed E-state index contributed by atoms with van der Waals surface area (Å²) in [6.07, 6.45) is 3.53. The van der Waals surface area contributed by atoms with Crippen molar-refractivity contribution in [1.29, 1.82) is 0 Å². The van der Waals surface area contributed by atoms with Gasteiger partial charge in [-0.05, 0) is 31.2 Å². The van der Waals surface area contributed by atoms with E-state index in [2.05, 4.69) is 9.71 Å². The predicted molar refractivity (Wildman–Crippen MR) is 95.0 cm³/mol. The number of anilines is 1. The minimum Gasteiger partial charge on any atom is -0.494 e. The first kappa shape index (κ1) is 16.8. The van der Waals surface area contributed by atoms with Gasteiger partial charge < -0.3 is 9.30 Å². The monoisotopic (exact) mass is 383 g/mol. The second kappa shape index (κ2) is 6.46. The van der Waals surface area contributed by atoms with Crippen LogP contribution in [0, 0.1) is 6.92 Å². The Morgan fingerprint density at radius 3 is 2.67 bits per heavy atom. The number of imidazole rings is 1. The van der Waals surface area contributed by atoms with Crippen LogP contribution in [0.5, 0.6) is 5.75 Å². The molecule has 0 atom stereocenters. The summed E-state index contributed by atoms with van der Waals surface area (Å²) in [5.74, 6) is 0.525. The molecule has 1 N–H and O–H groups in total. The number of halogens is 1. The summed E-state index contributed by atoms with van der Waals surface area (Å²) >= 11 is 6.80. The smallest absolute Gasteiger partial charge is 0.271 e. The number of ether oxygens (including phenoxy) is 1. The number of benzene rings is 1. The number of hydrogen-bond acceptors (Lipinski definition) is 5. The molecule has 0 fully saturated rings. The second-order valence-corrected chi connectivity index (χ2v) is 8.60. The highest BCUT2D eigenvalue weighted by Crippen LogP contribution is 2.30. The Morgan fingerprint density at radius 1 is 1.29 bits per heavy atom. The average molecular weight is 384 g/mol. The number of hydrogen-bond donors (Lipinski definition) is 1. The molecule has 6 nitrogen and oxygen atoms in total. The molecule has 0 bridgehead atoms. The lowest BCUT2D eigenvalue weighted by Gasteiger charge is -2.12. The van der Waals surface area contributed by atoms with Crippen molar-refractivity contribution in [2.24, 2.45) is 0 Å². The molecule has 2 aromatic heterocycles. The van der Waals surface area contributed by atoms with E-state index < -0.39 is 10.0 Å². The number of rotatable bonds is 5. The third kappa shape index (κ3) is 3.40. The number of aromatic nitrogens is 2. The molecule has 3 aromatic rings. The van der Waals surface area contributed by atoms with Gasteiger partial charge in [0.25, 0.3) is 10.0 Å². The summed E-state index contributed by atoms with van der Waals surface area (Å²) in [6, 6.07) is 8.07. The van der Waals surface area contributed by atoms with Gasteiger partial charge in [-0.3, -0.25) is 4.72 Å². The van der Waals surface area contributed by atoms with Crippen molar-refractivity contribution in [2.45, 2.75) is 11.1 Å². The molecular formula is C15H14ClN3O3S2. The summed E-state index contributed by atoms with van der Waals surface area (Å²) in [7, 11) is -2.15. The normalized spacial score (nSPS) is 11.5. The third-order valence-corrected chi connectivity index (χ3v) is 6.34. The number of nitrogens with zero attached hydrogens (tertiary/aromatic N) is 2. The van der Waals surface area contributed by atoms with E-state index in [0.29, 0.717) is 15.8 Å². The molecule has 0 amide bonds. The van der Waals surface area contributed by atoms with Gasteiger partial charge >= 0.3 is 0 Å². The highest BCUT2D eigenvalue weighted by atomic mass is 35.5. The van der Waals surface area contributed by atoms with E-state index in [0.717, 1.165) is 22.7 Å². The molecule has 0 spiro atoms. The van der Waals surface area contributed by atoms with Gasteiger partial charge in [-0.15, -0.1) is 11.3 Å². The summed E-state index contributed by atoms with van der Waals surface area (Å²) in [6.45, 7) is 1.89. The lowest BCUT2D eigenvalue weighted by atomic mass is 10.2. The standard InChI is InChI=1S/C15H14ClN3O3S2/c1-10-8-19(9-17-10)12-4-3-11(7-13(12)22-2)18-24(20,21)15-6-5-14(16)23-15/h3-9,18H,1-2H3. The molecule has 0 radical (unpaired) electrons. The van der Waals surface area contributed by atoms with Crippen LogP contribution in [0.4, 0.5) is 5.69 Å². The second-order valence-electron chi connectivity index (χ2n) is 4.97. The fraction of sp³-hybridized carbons (Fsp3) is 0.133. The molecule has 0 aliphatic heterocycles. The van der Waals surface area contributed by atoms with Crippen molar-refractivity contribution in [2.75, 3.05) is 11.8 Å². The highest BCUT2D eigenvalue weighted by Gasteiger charge is 2.18. The minimum atomic E-state index is -3.68. The molecule has 0 aliphatic carbocycles. The third-order valence-electron chi connectivity index (χ3n) is 3.24. The lowest BCUT2D eigenvalue weighted by Crippen LogP contribution is -2.11. The number of methoxy groups -OCH3 is 1. The largest absolute Gasteiger partial charge is 0.494 e. The van der Waals surface area contributed by atoms with E-state index in [1.165, 1.54) is 13.2 Å². The zero-order valence-electron chi connectivity index (χ0n) is 12.9. The summed E-state index contributed by atoms with van der Waals surface area (Å²) in [5, 5.41) is 0. The molecule has 0 unspecified atom stereocenters. The maximum atomic E-state index is 12.4. The fourth-order valence-corrected chi connectivity index (χ4v) is 4.69. The van der Waals surface area contributed by atoms with Crippen molar-refractivity contribution < 1.29 is 13.2 Å². The zero-order valence-corrected chi connectivity index (χ0v) is 15.2. The Hall–Kier alpha value is -2.03. The van der Waals surface area contributed by atoms with Crippen LogP contribution in [-0.4, -0.2) is 25.1 Å². The van der Waals surface area contributed by atoms with Gasteiger partial charge in [-0.2, -0.15) is 0 Å². The topological polar surface area (TPSA) is 73.2 Å². The van der Waals surface area contributed by atoms with E-state index in [-0.39, 0.29) is 4.21 Å². The number of nitrogens with one attached hydrogen (secondary N) is 1. The number of sulfonamides is 1. The number of aryl methyl sites for hydroxylation is 1. The average Bonchev–Trinajstić information content (AvgIpc) is 3.16. The first-order chi connectivity index (χ1) is 11.4. The molecular weight excluding hydrogens is 370 g/mol. The van der Waals surface area contributed by atoms with Crippen molar-refractivity contribution in [1.82, 2.24) is 9.55 Å². The molecule has 2 heterocycles. The van der Waals surface area contributed by atoms with E-state index in [1.807, 2.05) is 17.7 Å². The van der Waals surface area contributed by atoms with Gasteiger partial charge in [-0.25, -0.2) is 13.4 Å². The molecule has 0 saturated heterocycles. The highest BCUT2D eigenvalue weighted by molar-refractivity contribution is 7.94. The fourth-order valence-electron chi connectivity index (χ4n) is 2.15. The summed E-state index contributed by atoms with van der Waals surface area (Å²) in [4.78, 5) is 4.18. The van der Waals surface area contributed by atoms with Crippen LogP contribution in [0.15, 0.2) is 47.1 Å². The Kier molecular flexibility index (Phi) is 4.53. The quantitative estimate of drug-likeness (QED) is 0.729. The number of thiophene rings is 1. The van der Waals surface area contributed by atoms with E-state index in [9.17, 15) is 8.42 Å². The summed E-state index contributed by atoms with van der Waals surface area (Å²) in [5.41, 5.74) is 2.04. The molecule has 1 aromatic carbocycles. The van der Waals surface area contributed by atoms with Crippen molar-refractivity contribution in [3.05, 3.63) is 52.9 Å². The molecule has 126 valence electrons. The van der Waals surface area contributed by atoms with Gasteiger partial charge in [0.05, 0.1) is 34.8 Å². The van der Waals surface area contributed by atoms with Crippen molar-refractivity contribution in [3.8, 4) is 11.4 Å². The molecule has 9 heteroatoms. The minimum absolute atomic E-state index is 0.153. The molecule has 24 heavy (non-hydrogen) atoms. The van der Waals surface area contributed by atoms with E-state index >= 15 is 0 Å². The van der Waals surface area contributed by atoms with Gasteiger partial charge in [-0.1, -0.05) is 11.6 Å². The van der Waals surface area contributed by atoms with Crippen LogP contribution in [0.3, 0.4) is 0 Å². The lowest BCUT2D eigenvalue weighted by molar-refractivity contribution is 0.413. The Bertz CT molecular complexity index is 980. The van der Waals surface area contributed by atoms with Crippen LogP contribution in [0.2, 0.25) is 4.34 Å². The molecule has 0 aliphatic rings. The van der Waals surface area contributed by atoms with E-state index in [1.54, 1.807) is 30.6 Å². The van der Waals surface area contributed by atoms with E-state index in [4.69, 9.17) is 16.3 Å². The van der Waals surface area contributed by atoms with Gasteiger partial charge in [0.2, 0.25) is 0 Å². The zero-order chi connectivity index (χ0) is 17.3. The molecule has 0 saturated carbocycles. The van der Waals surface area contributed by atoms with Gasteiger partial charge in [0.15, 0.2) is 0 Å². The summed E-state index contributed by atoms with van der Waals surface area (Å²) < 4.78 is 35.0. The van der Waals surface area contributed by atoms with Crippen LogP contribution in [-0.2, 0) is 10.0 Å². The Labute approximate surface area is 148 Å². The SMILES string of the molecule is COc1cc(NS(=O)(=O)c2ccc(Cl)s2)ccc1-n1cnc(C)c1. The van der Waals surface area contributed by atoms with Crippen LogP contribution in [0.1, 0.15) is 5.69 Å². The van der Waals surface area contributed by atoms with Crippen molar-refractivity contribution >= 4 is 38.6 Å². The van der Waals surface area contributed by atoms with Crippen LogP contribution in [0.25, 0.3) is 5.69 Å². The van der Waals surface area contributed by atoms with Gasteiger partial charge in [0, 0.05) is 12.3 Å². The van der Waals surface area contributed by atoms with Crippen molar-refractivity contribution in [3.63, 3.8) is 0 Å². The van der Waals surface area contributed by atoms with Gasteiger partial charge in [0.1, 0.15) is 9.96 Å². The Balaban J connectivity index is 1.93. The first-order valence-corrected chi connectivity index (χ1v) is 9.54. The predicted octanol–water partition coefficient (Wildman–Crippen LogP) is 3.71. The Morgan fingerprint density at radius 2 is 2.08 bits per heavy atom. The molecule has 3 rings (SSSR count). The first-order valence-electron chi connectivity index (χ1n) is 6.86. The van der Waals surface area contributed by atoms with Crippen LogP contribution < -0.4 is 9.46 Å². The van der Waals surface area contributed by atoms with Crippen LogP contribution >= 0.6 is 22.9 Å².